The Bertz CT molecular complexity index is 205. The van der Waals surface area contributed by atoms with E-state index >= 15 is 0 Å². The minimum Gasteiger partial charge on any atom is -0.312 e. The average Bonchev–Trinajstić information content (AvgIpc) is 2.76. The summed E-state index contributed by atoms with van der Waals surface area (Å²) in [5, 5.41) is 3.80. The average molecular weight is 224 g/mol. The first-order valence-corrected chi connectivity index (χ1v) is 7.23. The standard InChI is InChI=1S/C14H28N2/c1-3-12-7-8-13(10-12)15-11-14-6-4-5-9-16(14)2/h12-15H,3-11H2,1-2H3. The van der Waals surface area contributed by atoms with Crippen molar-refractivity contribution in [2.24, 2.45) is 5.92 Å². The molecule has 0 amide bonds. The van der Waals surface area contributed by atoms with Gasteiger partial charge in [0.1, 0.15) is 0 Å². The fourth-order valence-corrected chi connectivity index (χ4v) is 3.34. The summed E-state index contributed by atoms with van der Waals surface area (Å²) in [4.78, 5) is 2.54. The Morgan fingerprint density at radius 3 is 2.75 bits per heavy atom. The fraction of sp³-hybridized carbons (Fsp3) is 1.00. The predicted molar refractivity (Wildman–Crippen MR) is 69.7 cm³/mol. The van der Waals surface area contributed by atoms with Gasteiger partial charge in [-0.2, -0.15) is 0 Å². The quantitative estimate of drug-likeness (QED) is 0.790. The van der Waals surface area contributed by atoms with Crippen LogP contribution in [-0.4, -0.2) is 37.1 Å². The number of nitrogens with zero attached hydrogens (tertiary/aromatic N) is 1. The van der Waals surface area contributed by atoms with Crippen molar-refractivity contribution in [1.82, 2.24) is 10.2 Å². The molecule has 1 aliphatic carbocycles. The molecule has 2 fully saturated rings. The van der Waals surface area contributed by atoms with Crippen LogP contribution in [0, 0.1) is 5.92 Å². The van der Waals surface area contributed by atoms with Crippen LogP contribution in [0.25, 0.3) is 0 Å². The number of hydrogen-bond acceptors (Lipinski definition) is 2. The first-order valence-electron chi connectivity index (χ1n) is 7.23. The second-order valence-corrected chi connectivity index (χ2v) is 5.82. The first kappa shape index (κ1) is 12.4. The lowest BCUT2D eigenvalue weighted by Crippen LogP contribution is -2.45. The highest BCUT2D eigenvalue weighted by Gasteiger charge is 2.25. The van der Waals surface area contributed by atoms with Gasteiger partial charge in [0.25, 0.3) is 0 Å². The van der Waals surface area contributed by atoms with E-state index in [0.29, 0.717) is 0 Å². The molecule has 0 aromatic carbocycles. The molecule has 0 aromatic rings. The molecule has 3 atom stereocenters. The summed E-state index contributed by atoms with van der Waals surface area (Å²) >= 11 is 0. The van der Waals surface area contributed by atoms with Gasteiger partial charge >= 0.3 is 0 Å². The molecular formula is C14H28N2. The summed E-state index contributed by atoms with van der Waals surface area (Å²) in [6.45, 7) is 4.86. The Hall–Kier alpha value is -0.0800. The maximum absolute atomic E-state index is 3.80. The second kappa shape index (κ2) is 6.02. The summed E-state index contributed by atoms with van der Waals surface area (Å²) in [5.41, 5.74) is 0. The number of likely N-dealkylation sites (N-methyl/N-ethyl adjacent to an activating group) is 1. The van der Waals surface area contributed by atoms with Crippen LogP contribution < -0.4 is 5.32 Å². The Labute approximate surface area is 101 Å². The van der Waals surface area contributed by atoms with E-state index in [4.69, 9.17) is 0 Å². The largest absolute Gasteiger partial charge is 0.312 e. The van der Waals surface area contributed by atoms with E-state index in [-0.39, 0.29) is 0 Å². The SMILES string of the molecule is CCC1CCC(NCC2CCCCN2C)C1. The molecule has 0 radical (unpaired) electrons. The molecule has 16 heavy (non-hydrogen) atoms. The molecular weight excluding hydrogens is 196 g/mol. The Balaban J connectivity index is 1.67. The molecule has 0 spiro atoms. The third kappa shape index (κ3) is 3.21. The third-order valence-corrected chi connectivity index (χ3v) is 4.68. The van der Waals surface area contributed by atoms with Crippen LogP contribution in [0.4, 0.5) is 0 Å². The monoisotopic (exact) mass is 224 g/mol. The first-order chi connectivity index (χ1) is 7.79. The van der Waals surface area contributed by atoms with Crippen molar-refractivity contribution in [3.05, 3.63) is 0 Å². The zero-order chi connectivity index (χ0) is 11.4. The van der Waals surface area contributed by atoms with E-state index in [1.54, 1.807) is 0 Å². The number of hydrogen-bond donors (Lipinski definition) is 1. The highest BCUT2D eigenvalue weighted by Crippen LogP contribution is 2.28. The number of piperidine rings is 1. The molecule has 2 rings (SSSR count). The molecule has 1 N–H and O–H groups in total. The Morgan fingerprint density at radius 1 is 1.19 bits per heavy atom. The second-order valence-electron chi connectivity index (χ2n) is 5.82. The van der Waals surface area contributed by atoms with Gasteiger partial charge in [0.05, 0.1) is 0 Å². The van der Waals surface area contributed by atoms with Gasteiger partial charge < -0.3 is 10.2 Å². The summed E-state index contributed by atoms with van der Waals surface area (Å²) in [6.07, 6.45) is 9.89. The maximum atomic E-state index is 3.80. The van der Waals surface area contributed by atoms with Crippen molar-refractivity contribution >= 4 is 0 Å². The van der Waals surface area contributed by atoms with E-state index < -0.39 is 0 Å². The minimum atomic E-state index is 0.800. The van der Waals surface area contributed by atoms with Gasteiger partial charge in [0.15, 0.2) is 0 Å². The van der Waals surface area contributed by atoms with Crippen molar-refractivity contribution in [3.8, 4) is 0 Å². The van der Waals surface area contributed by atoms with Crippen molar-refractivity contribution in [2.75, 3.05) is 20.1 Å². The summed E-state index contributed by atoms with van der Waals surface area (Å²) in [6, 6.07) is 1.62. The van der Waals surface area contributed by atoms with Gasteiger partial charge in [-0.3, -0.25) is 0 Å². The summed E-state index contributed by atoms with van der Waals surface area (Å²) in [7, 11) is 2.29. The van der Waals surface area contributed by atoms with Gasteiger partial charge in [0, 0.05) is 18.6 Å². The molecule has 3 unspecified atom stereocenters. The molecule has 1 heterocycles. The minimum absolute atomic E-state index is 0.800. The molecule has 1 saturated carbocycles. The summed E-state index contributed by atoms with van der Waals surface area (Å²) in [5.74, 6) is 1.00. The summed E-state index contributed by atoms with van der Waals surface area (Å²) < 4.78 is 0. The van der Waals surface area contributed by atoms with Crippen LogP contribution in [0.15, 0.2) is 0 Å². The lowest BCUT2D eigenvalue weighted by molar-refractivity contribution is 0.177. The smallest absolute Gasteiger partial charge is 0.0217 e. The van der Waals surface area contributed by atoms with Crippen molar-refractivity contribution in [3.63, 3.8) is 0 Å². The van der Waals surface area contributed by atoms with Gasteiger partial charge in [-0.05, 0) is 51.6 Å². The van der Waals surface area contributed by atoms with Gasteiger partial charge in [-0.15, -0.1) is 0 Å². The van der Waals surface area contributed by atoms with Crippen LogP contribution in [0.5, 0.6) is 0 Å². The van der Waals surface area contributed by atoms with Crippen molar-refractivity contribution in [1.29, 1.82) is 0 Å². The highest BCUT2D eigenvalue weighted by atomic mass is 15.2. The van der Waals surface area contributed by atoms with Crippen LogP contribution in [-0.2, 0) is 0 Å². The zero-order valence-corrected chi connectivity index (χ0v) is 11.0. The normalized spacial score (nSPS) is 36.8. The van der Waals surface area contributed by atoms with Crippen LogP contribution in [0.3, 0.4) is 0 Å². The molecule has 2 nitrogen and oxygen atoms in total. The zero-order valence-electron chi connectivity index (χ0n) is 11.0. The molecule has 94 valence electrons. The van der Waals surface area contributed by atoms with E-state index in [1.807, 2.05) is 0 Å². The van der Waals surface area contributed by atoms with E-state index in [1.165, 1.54) is 58.0 Å². The topological polar surface area (TPSA) is 15.3 Å². The van der Waals surface area contributed by atoms with Crippen LogP contribution >= 0.6 is 0 Å². The van der Waals surface area contributed by atoms with Crippen molar-refractivity contribution in [2.45, 2.75) is 64.0 Å². The van der Waals surface area contributed by atoms with E-state index in [2.05, 4.69) is 24.2 Å². The van der Waals surface area contributed by atoms with E-state index in [9.17, 15) is 0 Å². The lowest BCUT2D eigenvalue weighted by atomic mass is 10.0. The number of nitrogens with one attached hydrogen (secondary N) is 1. The van der Waals surface area contributed by atoms with Crippen LogP contribution in [0.2, 0.25) is 0 Å². The molecule has 1 saturated heterocycles. The van der Waals surface area contributed by atoms with Crippen molar-refractivity contribution < 1.29 is 0 Å². The Kier molecular flexibility index (Phi) is 4.66. The van der Waals surface area contributed by atoms with Gasteiger partial charge in [-0.1, -0.05) is 19.8 Å². The molecule has 0 bridgehead atoms. The molecule has 2 aliphatic rings. The van der Waals surface area contributed by atoms with Gasteiger partial charge in [0.2, 0.25) is 0 Å². The highest BCUT2D eigenvalue weighted by molar-refractivity contribution is 4.83. The van der Waals surface area contributed by atoms with Crippen LogP contribution in [0.1, 0.15) is 51.9 Å². The number of rotatable bonds is 4. The number of likely N-dealkylation sites (tertiary alicyclic amines) is 1. The van der Waals surface area contributed by atoms with E-state index in [0.717, 1.165) is 18.0 Å². The maximum Gasteiger partial charge on any atom is 0.0217 e. The molecule has 0 aromatic heterocycles. The molecule has 1 aliphatic heterocycles. The predicted octanol–water partition coefficient (Wildman–Crippen LogP) is 2.64. The lowest BCUT2D eigenvalue weighted by Gasteiger charge is -2.33. The fourth-order valence-electron chi connectivity index (χ4n) is 3.34. The molecule has 2 heteroatoms. The Morgan fingerprint density at radius 2 is 2.06 bits per heavy atom. The van der Waals surface area contributed by atoms with Gasteiger partial charge in [-0.25, -0.2) is 0 Å². The third-order valence-electron chi connectivity index (χ3n) is 4.68.